The van der Waals surface area contributed by atoms with Gasteiger partial charge in [-0.1, -0.05) is 11.6 Å². The lowest BCUT2D eigenvalue weighted by Crippen LogP contribution is -2.81. The average Bonchev–Trinajstić information content (AvgIpc) is 2.70. The minimum Gasteiger partial charge on any atom is -0.379 e. The Morgan fingerprint density at radius 2 is 2.22 bits per heavy atom. The third kappa shape index (κ3) is 5.54. The lowest BCUT2D eigenvalue weighted by molar-refractivity contribution is -0.595. The predicted octanol–water partition coefficient (Wildman–Crippen LogP) is 1.18. The molecule has 0 aromatic carbocycles. The number of aromatic nitrogens is 2. The zero-order valence-electron chi connectivity index (χ0n) is 15.4. The second-order valence-corrected chi connectivity index (χ2v) is 6.79. The number of allylic oxidation sites excluding steroid dienone is 1. The highest BCUT2D eigenvalue weighted by atomic mass is 35.5. The van der Waals surface area contributed by atoms with E-state index in [9.17, 15) is 0 Å². The first kappa shape index (κ1) is 19.9. The van der Waals surface area contributed by atoms with Crippen molar-refractivity contribution in [1.29, 1.82) is 5.41 Å². The van der Waals surface area contributed by atoms with E-state index in [0.717, 1.165) is 61.6 Å². The molecule has 0 radical (unpaired) electrons. The van der Waals surface area contributed by atoms with Crippen LogP contribution in [0.25, 0.3) is 16.6 Å². The fraction of sp³-hybridized carbons (Fsp3) is 0.421. The molecule has 0 aliphatic carbocycles. The summed E-state index contributed by atoms with van der Waals surface area (Å²) in [6.45, 7) is 5.11. The number of nitrogens with one attached hydrogen (secondary N) is 1. The average molecular weight is 391 g/mol. The van der Waals surface area contributed by atoms with Gasteiger partial charge < -0.3 is 20.2 Å². The van der Waals surface area contributed by atoms with Crippen LogP contribution < -0.4 is 5.32 Å². The first-order valence-corrected chi connectivity index (χ1v) is 9.37. The highest BCUT2D eigenvalue weighted by molar-refractivity contribution is 6.29. The first-order chi connectivity index (χ1) is 13.2. The monoisotopic (exact) mass is 390 g/mol. The van der Waals surface area contributed by atoms with E-state index in [2.05, 4.69) is 14.9 Å². The standard InChI is InChI=1S/C19H24ClN5O2/c1-26-16(13-25-4-6-27-7-5-25)12-22-10-15(9-21)14-8-18-17(23-11-14)2-3-19(20)24-18/h2-3,8-11,16,21-22H,4-7,12-13H2,1H3/p+1/b15-10+,21-9?. The van der Waals surface area contributed by atoms with Crippen molar-refractivity contribution in [3.8, 4) is 0 Å². The van der Waals surface area contributed by atoms with Crippen LogP contribution in [0.4, 0.5) is 0 Å². The molecule has 0 saturated carbocycles. The maximum atomic E-state index is 7.74. The van der Waals surface area contributed by atoms with Crippen LogP contribution in [0.15, 0.2) is 30.6 Å². The SMILES string of the molecule is COC(C[NH2+]/C=C(\C=N)c1cnc2ccc(Cl)nc2c1)CN1CCOCC1. The van der Waals surface area contributed by atoms with Crippen molar-refractivity contribution in [2.24, 2.45) is 0 Å². The van der Waals surface area contributed by atoms with Crippen LogP contribution in [0, 0.1) is 5.41 Å². The van der Waals surface area contributed by atoms with Gasteiger partial charge in [-0.25, -0.2) is 4.98 Å². The molecule has 3 rings (SSSR count). The third-order valence-electron chi connectivity index (χ3n) is 4.59. The molecule has 2 aromatic heterocycles. The van der Waals surface area contributed by atoms with Crippen LogP contribution in [0.5, 0.6) is 0 Å². The minimum absolute atomic E-state index is 0.113. The van der Waals surface area contributed by atoms with Crippen LogP contribution >= 0.6 is 11.6 Å². The Balaban J connectivity index is 1.64. The Kier molecular flexibility index (Phi) is 7.25. The quantitative estimate of drug-likeness (QED) is 0.522. The molecule has 0 amide bonds. The van der Waals surface area contributed by atoms with Gasteiger partial charge in [-0.2, -0.15) is 0 Å². The molecular formula is C19H25ClN5O2+. The summed E-state index contributed by atoms with van der Waals surface area (Å²) in [4.78, 5) is 11.1. The topological polar surface area (TPSA) is 87.9 Å². The van der Waals surface area contributed by atoms with E-state index < -0.39 is 0 Å². The summed E-state index contributed by atoms with van der Waals surface area (Å²) in [5.74, 6) is 0. The number of pyridine rings is 2. The molecule has 2 aromatic rings. The molecule has 3 heterocycles. The number of ether oxygens (including phenoxy) is 2. The molecule has 7 nitrogen and oxygen atoms in total. The third-order valence-corrected chi connectivity index (χ3v) is 4.80. The zero-order valence-corrected chi connectivity index (χ0v) is 16.2. The molecule has 0 spiro atoms. The van der Waals surface area contributed by atoms with Crippen molar-refractivity contribution in [2.45, 2.75) is 6.10 Å². The number of nitrogens with zero attached hydrogens (tertiary/aromatic N) is 3. The molecule has 8 heteroatoms. The number of quaternary nitrogens is 1. The normalized spacial score (nSPS) is 17.2. The minimum atomic E-state index is 0.113. The molecule has 1 unspecified atom stereocenters. The van der Waals surface area contributed by atoms with Gasteiger partial charge in [0.1, 0.15) is 24.0 Å². The van der Waals surface area contributed by atoms with Crippen LogP contribution in [-0.2, 0) is 9.47 Å². The van der Waals surface area contributed by atoms with Gasteiger partial charge in [-0.3, -0.25) is 9.88 Å². The van der Waals surface area contributed by atoms with E-state index in [1.54, 1.807) is 19.4 Å². The van der Waals surface area contributed by atoms with Gasteiger partial charge in [-0.05, 0) is 18.2 Å². The second kappa shape index (κ2) is 9.87. The van der Waals surface area contributed by atoms with Crippen LogP contribution in [0.3, 0.4) is 0 Å². The van der Waals surface area contributed by atoms with E-state index in [-0.39, 0.29) is 6.10 Å². The van der Waals surface area contributed by atoms with Gasteiger partial charge in [-0.15, -0.1) is 0 Å². The fourth-order valence-corrected chi connectivity index (χ4v) is 3.19. The van der Waals surface area contributed by atoms with Crippen molar-refractivity contribution in [1.82, 2.24) is 14.9 Å². The van der Waals surface area contributed by atoms with Gasteiger partial charge in [0.15, 0.2) is 0 Å². The number of halogens is 1. The number of morpholine rings is 1. The van der Waals surface area contributed by atoms with Crippen LogP contribution in [0.1, 0.15) is 5.56 Å². The molecule has 144 valence electrons. The van der Waals surface area contributed by atoms with E-state index in [0.29, 0.717) is 5.15 Å². The number of methoxy groups -OCH3 is 1. The maximum Gasteiger partial charge on any atom is 0.129 e. The first-order valence-electron chi connectivity index (χ1n) is 8.99. The Morgan fingerprint density at radius 1 is 1.41 bits per heavy atom. The molecule has 1 aliphatic heterocycles. The molecule has 1 aliphatic rings. The Morgan fingerprint density at radius 3 is 2.96 bits per heavy atom. The molecule has 1 saturated heterocycles. The Labute approximate surface area is 163 Å². The van der Waals surface area contributed by atoms with Crippen LogP contribution in [0.2, 0.25) is 5.15 Å². The number of rotatable bonds is 8. The van der Waals surface area contributed by atoms with E-state index in [1.807, 2.05) is 23.6 Å². The zero-order chi connectivity index (χ0) is 19.1. The molecule has 0 bridgehead atoms. The van der Waals surface area contributed by atoms with Gasteiger partial charge in [0, 0.05) is 44.7 Å². The van der Waals surface area contributed by atoms with Crippen molar-refractivity contribution < 1.29 is 14.8 Å². The number of hydrogen-bond acceptors (Lipinski definition) is 6. The molecule has 3 N–H and O–H groups in total. The smallest absolute Gasteiger partial charge is 0.129 e. The largest absolute Gasteiger partial charge is 0.379 e. The van der Waals surface area contributed by atoms with Crippen molar-refractivity contribution in [3.05, 3.63) is 41.3 Å². The summed E-state index contributed by atoms with van der Waals surface area (Å²) >= 11 is 5.97. The van der Waals surface area contributed by atoms with Crippen molar-refractivity contribution in [3.63, 3.8) is 0 Å². The number of nitrogens with two attached hydrogens (primary N) is 1. The predicted molar refractivity (Wildman–Crippen MR) is 106 cm³/mol. The molecule has 1 atom stereocenters. The Bertz CT molecular complexity index is 808. The summed E-state index contributed by atoms with van der Waals surface area (Å²) in [6.07, 6.45) is 5.13. The highest BCUT2D eigenvalue weighted by Gasteiger charge is 2.17. The summed E-state index contributed by atoms with van der Waals surface area (Å²) in [7, 11) is 1.74. The van der Waals surface area contributed by atoms with E-state index >= 15 is 0 Å². The highest BCUT2D eigenvalue weighted by Crippen LogP contribution is 2.18. The summed E-state index contributed by atoms with van der Waals surface area (Å²) < 4.78 is 11.0. The summed E-state index contributed by atoms with van der Waals surface area (Å²) in [5, 5.41) is 10.2. The van der Waals surface area contributed by atoms with Gasteiger partial charge in [0.2, 0.25) is 0 Å². The lowest BCUT2D eigenvalue weighted by atomic mass is 10.1. The number of hydrogen-bond donors (Lipinski definition) is 2. The summed E-state index contributed by atoms with van der Waals surface area (Å²) in [5.41, 5.74) is 3.11. The Hall–Kier alpha value is -1.90. The molecular weight excluding hydrogens is 366 g/mol. The van der Waals surface area contributed by atoms with Crippen molar-refractivity contribution in [2.75, 3.05) is 46.5 Å². The maximum absolute atomic E-state index is 7.74. The van der Waals surface area contributed by atoms with Crippen LogP contribution in [-0.4, -0.2) is 73.7 Å². The van der Waals surface area contributed by atoms with Crippen molar-refractivity contribution >= 4 is 34.4 Å². The number of fused-ring (bicyclic) bond motifs is 1. The lowest BCUT2D eigenvalue weighted by Gasteiger charge is -2.29. The molecule has 1 fully saturated rings. The molecule has 27 heavy (non-hydrogen) atoms. The van der Waals surface area contributed by atoms with E-state index in [4.69, 9.17) is 26.5 Å². The van der Waals surface area contributed by atoms with Gasteiger partial charge in [0.25, 0.3) is 0 Å². The van der Waals surface area contributed by atoms with Gasteiger partial charge >= 0.3 is 0 Å². The second-order valence-electron chi connectivity index (χ2n) is 6.40. The van der Waals surface area contributed by atoms with E-state index in [1.165, 1.54) is 6.21 Å². The summed E-state index contributed by atoms with van der Waals surface area (Å²) in [6, 6.07) is 5.46. The van der Waals surface area contributed by atoms with Gasteiger partial charge in [0.05, 0.1) is 29.8 Å². The fourth-order valence-electron chi connectivity index (χ4n) is 3.03.